The summed E-state index contributed by atoms with van der Waals surface area (Å²) in [5.41, 5.74) is 3.72. The molecule has 0 fully saturated rings. The number of methoxy groups -OCH3 is 2. The molecule has 3 heteroatoms. The molecule has 0 saturated heterocycles. The smallest absolute Gasteiger partial charge is 0.210 e. The predicted octanol–water partition coefficient (Wildman–Crippen LogP) is 5.11. The Balaban J connectivity index is 2.73. The van der Waals surface area contributed by atoms with Crippen molar-refractivity contribution in [2.45, 2.75) is 77.6 Å². The molecular weight excluding hydrogens is 288 g/mol. The molecule has 1 aromatic carbocycles. The fourth-order valence-electron chi connectivity index (χ4n) is 3.03. The standard InChI is InChI=1S/C20H32O3/c1-18(2,3)13-10-14-16(21-8)12-20(7,22-9)23-17(14)15(11-13)19(4,5)6/h10-11,16H,12H2,1-9H3/t16-,20+/m0/s1. The minimum Gasteiger partial charge on any atom is -0.462 e. The summed E-state index contributed by atoms with van der Waals surface area (Å²) in [6.07, 6.45) is 0.663. The van der Waals surface area contributed by atoms with Gasteiger partial charge >= 0.3 is 0 Å². The Labute approximate surface area is 141 Å². The Kier molecular flexibility index (Phi) is 4.60. The Morgan fingerprint density at radius 3 is 2.09 bits per heavy atom. The second-order valence-electron chi connectivity index (χ2n) is 8.81. The lowest BCUT2D eigenvalue weighted by atomic mass is 9.77. The highest BCUT2D eigenvalue weighted by Crippen LogP contribution is 2.48. The first kappa shape index (κ1) is 18.3. The summed E-state index contributed by atoms with van der Waals surface area (Å²) in [6.45, 7) is 15.4. The average Bonchev–Trinajstić information content (AvgIpc) is 2.43. The topological polar surface area (TPSA) is 27.7 Å². The number of benzene rings is 1. The lowest BCUT2D eigenvalue weighted by Gasteiger charge is -2.41. The van der Waals surface area contributed by atoms with Crippen molar-refractivity contribution in [3.63, 3.8) is 0 Å². The minimum atomic E-state index is -0.656. The molecule has 1 aromatic rings. The molecule has 3 nitrogen and oxygen atoms in total. The van der Waals surface area contributed by atoms with Gasteiger partial charge in [0.15, 0.2) is 0 Å². The van der Waals surface area contributed by atoms with E-state index in [2.05, 4.69) is 53.7 Å². The van der Waals surface area contributed by atoms with Crippen LogP contribution in [-0.2, 0) is 20.3 Å². The van der Waals surface area contributed by atoms with Gasteiger partial charge in [0, 0.05) is 38.7 Å². The van der Waals surface area contributed by atoms with Gasteiger partial charge in [-0.2, -0.15) is 0 Å². The molecule has 2 atom stereocenters. The van der Waals surface area contributed by atoms with Crippen LogP contribution in [0.15, 0.2) is 12.1 Å². The van der Waals surface area contributed by atoms with Gasteiger partial charge in [0.1, 0.15) is 5.75 Å². The van der Waals surface area contributed by atoms with Crippen LogP contribution in [0.4, 0.5) is 0 Å². The Morgan fingerprint density at radius 2 is 1.65 bits per heavy atom. The van der Waals surface area contributed by atoms with E-state index in [0.717, 1.165) is 11.3 Å². The third-order valence-corrected chi connectivity index (χ3v) is 4.73. The van der Waals surface area contributed by atoms with E-state index in [0.29, 0.717) is 6.42 Å². The third kappa shape index (κ3) is 3.56. The molecule has 0 spiro atoms. The molecule has 0 unspecified atom stereocenters. The predicted molar refractivity (Wildman–Crippen MR) is 94.3 cm³/mol. The van der Waals surface area contributed by atoms with E-state index >= 15 is 0 Å². The molecule has 1 aliphatic rings. The lowest BCUT2D eigenvalue weighted by molar-refractivity contribution is -0.185. The summed E-state index contributed by atoms with van der Waals surface area (Å²) in [7, 11) is 3.45. The van der Waals surface area contributed by atoms with E-state index in [1.54, 1.807) is 14.2 Å². The first-order valence-electron chi connectivity index (χ1n) is 8.37. The van der Waals surface area contributed by atoms with Gasteiger partial charge in [0.2, 0.25) is 5.79 Å². The van der Waals surface area contributed by atoms with Crippen molar-refractivity contribution in [2.75, 3.05) is 14.2 Å². The number of rotatable bonds is 2. The van der Waals surface area contributed by atoms with Gasteiger partial charge in [-0.05, 0) is 22.5 Å². The Morgan fingerprint density at radius 1 is 1.04 bits per heavy atom. The van der Waals surface area contributed by atoms with Gasteiger partial charge < -0.3 is 14.2 Å². The van der Waals surface area contributed by atoms with Crippen molar-refractivity contribution in [1.82, 2.24) is 0 Å². The van der Waals surface area contributed by atoms with Crippen LogP contribution in [0.1, 0.15) is 77.7 Å². The van der Waals surface area contributed by atoms with Gasteiger partial charge in [-0.1, -0.05) is 47.6 Å². The van der Waals surface area contributed by atoms with Crippen molar-refractivity contribution in [1.29, 1.82) is 0 Å². The van der Waals surface area contributed by atoms with Crippen LogP contribution in [0, 0.1) is 0 Å². The molecule has 1 heterocycles. The van der Waals surface area contributed by atoms with Gasteiger partial charge in [0.25, 0.3) is 0 Å². The maximum absolute atomic E-state index is 6.32. The quantitative estimate of drug-likeness (QED) is 0.757. The van der Waals surface area contributed by atoms with E-state index in [1.807, 2.05) is 6.92 Å². The van der Waals surface area contributed by atoms with E-state index in [4.69, 9.17) is 14.2 Å². The number of hydrogen-bond acceptors (Lipinski definition) is 3. The molecule has 0 N–H and O–H groups in total. The maximum atomic E-state index is 6.32. The highest BCUT2D eigenvalue weighted by Gasteiger charge is 2.41. The maximum Gasteiger partial charge on any atom is 0.210 e. The molecule has 0 bridgehead atoms. The highest BCUT2D eigenvalue weighted by atomic mass is 16.7. The Bertz CT molecular complexity index is 578. The second kappa shape index (κ2) is 5.78. The van der Waals surface area contributed by atoms with Crippen molar-refractivity contribution >= 4 is 0 Å². The first-order valence-corrected chi connectivity index (χ1v) is 8.37. The summed E-state index contributed by atoms with van der Waals surface area (Å²) < 4.78 is 17.7. The third-order valence-electron chi connectivity index (χ3n) is 4.73. The molecule has 0 aromatic heterocycles. The van der Waals surface area contributed by atoms with E-state index in [-0.39, 0.29) is 16.9 Å². The summed E-state index contributed by atoms with van der Waals surface area (Å²) >= 11 is 0. The molecule has 0 radical (unpaired) electrons. The van der Waals surface area contributed by atoms with E-state index in [9.17, 15) is 0 Å². The van der Waals surface area contributed by atoms with E-state index in [1.165, 1.54) is 11.1 Å². The van der Waals surface area contributed by atoms with Crippen LogP contribution < -0.4 is 4.74 Å². The normalized spacial score (nSPS) is 25.0. The fourth-order valence-corrected chi connectivity index (χ4v) is 3.03. The fraction of sp³-hybridized carbons (Fsp3) is 0.700. The van der Waals surface area contributed by atoms with Crippen LogP contribution in [0.2, 0.25) is 0 Å². The second-order valence-corrected chi connectivity index (χ2v) is 8.81. The van der Waals surface area contributed by atoms with Crippen LogP contribution in [0.25, 0.3) is 0 Å². The summed E-state index contributed by atoms with van der Waals surface area (Å²) in [4.78, 5) is 0. The Hall–Kier alpha value is -1.06. The zero-order valence-corrected chi connectivity index (χ0v) is 16.2. The van der Waals surface area contributed by atoms with Crippen LogP contribution in [-0.4, -0.2) is 20.0 Å². The summed E-state index contributed by atoms with van der Waals surface area (Å²) in [5, 5.41) is 0. The summed E-state index contributed by atoms with van der Waals surface area (Å²) in [6, 6.07) is 4.53. The summed E-state index contributed by atoms with van der Waals surface area (Å²) in [5.74, 6) is 0.268. The van der Waals surface area contributed by atoms with Crippen LogP contribution >= 0.6 is 0 Å². The molecule has 130 valence electrons. The van der Waals surface area contributed by atoms with Crippen molar-refractivity contribution in [2.24, 2.45) is 0 Å². The molecule has 23 heavy (non-hydrogen) atoms. The number of hydrogen-bond donors (Lipinski definition) is 0. The van der Waals surface area contributed by atoms with Crippen molar-refractivity contribution in [3.8, 4) is 5.75 Å². The zero-order valence-electron chi connectivity index (χ0n) is 16.2. The number of fused-ring (bicyclic) bond motifs is 1. The molecule has 0 saturated carbocycles. The largest absolute Gasteiger partial charge is 0.462 e. The molecule has 0 aliphatic carbocycles. The zero-order chi connectivity index (χ0) is 17.6. The molecular formula is C20H32O3. The van der Waals surface area contributed by atoms with Gasteiger partial charge in [0.05, 0.1) is 6.10 Å². The first-order chi connectivity index (χ1) is 10.4. The van der Waals surface area contributed by atoms with Gasteiger partial charge in [-0.15, -0.1) is 0 Å². The molecule has 2 rings (SSSR count). The monoisotopic (exact) mass is 320 g/mol. The lowest BCUT2D eigenvalue weighted by Crippen LogP contribution is -2.41. The van der Waals surface area contributed by atoms with Crippen molar-refractivity contribution in [3.05, 3.63) is 28.8 Å². The minimum absolute atomic E-state index is 0.0182. The van der Waals surface area contributed by atoms with Gasteiger partial charge in [-0.25, -0.2) is 0 Å². The van der Waals surface area contributed by atoms with E-state index < -0.39 is 5.79 Å². The van der Waals surface area contributed by atoms with Gasteiger partial charge in [-0.3, -0.25) is 0 Å². The average molecular weight is 320 g/mol. The SMILES string of the molecule is CO[C@H]1C[C@](C)(OC)Oc2c1cc(C(C)(C)C)cc2C(C)(C)C. The molecule has 1 aliphatic heterocycles. The number of ether oxygens (including phenoxy) is 3. The van der Waals surface area contributed by atoms with Crippen LogP contribution in [0.5, 0.6) is 5.75 Å². The van der Waals surface area contributed by atoms with Crippen LogP contribution in [0.3, 0.4) is 0 Å². The van der Waals surface area contributed by atoms with Crippen molar-refractivity contribution < 1.29 is 14.2 Å². The molecule has 0 amide bonds. The highest BCUT2D eigenvalue weighted by molar-refractivity contribution is 5.52.